The molecule has 1 atom stereocenters. The molecule has 0 aromatic heterocycles. The summed E-state index contributed by atoms with van der Waals surface area (Å²) in [6.45, 7) is 9.69. The van der Waals surface area contributed by atoms with Gasteiger partial charge in [-0.25, -0.2) is 0 Å². The van der Waals surface area contributed by atoms with Crippen molar-refractivity contribution >= 4 is 17.4 Å². The molecule has 7 nitrogen and oxygen atoms in total. The highest BCUT2D eigenvalue weighted by Crippen LogP contribution is 2.42. The molecule has 2 aromatic carbocycles. The van der Waals surface area contributed by atoms with Crippen molar-refractivity contribution in [2.45, 2.75) is 59.4 Å². The largest absolute Gasteiger partial charge is 0.507 e. The van der Waals surface area contributed by atoms with Gasteiger partial charge in [0.2, 0.25) is 0 Å². The van der Waals surface area contributed by atoms with Gasteiger partial charge >= 0.3 is 0 Å². The number of nitrogens with zero attached hydrogens (tertiary/aromatic N) is 1. The van der Waals surface area contributed by atoms with E-state index in [1.165, 1.54) is 4.90 Å². The molecule has 1 amide bonds. The fraction of sp³-hybridized carbons (Fsp3) is 0.448. The van der Waals surface area contributed by atoms with E-state index in [-0.39, 0.29) is 11.3 Å². The summed E-state index contributed by atoms with van der Waals surface area (Å²) < 4.78 is 17.1. The third-order valence-corrected chi connectivity index (χ3v) is 6.04. The van der Waals surface area contributed by atoms with Gasteiger partial charge in [-0.05, 0) is 56.5 Å². The smallest absolute Gasteiger partial charge is 0.295 e. The van der Waals surface area contributed by atoms with Crippen LogP contribution in [-0.2, 0) is 9.59 Å². The maximum atomic E-state index is 13.2. The molecule has 1 N–H and O–H groups in total. The Morgan fingerprint density at radius 2 is 1.56 bits per heavy atom. The number of carbonyl (C=O) groups excluding carboxylic acids is 2. The number of hydrogen-bond donors (Lipinski definition) is 1. The molecular weight excluding hydrogens is 458 g/mol. The van der Waals surface area contributed by atoms with Crippen molar-refractivity contribution in [1.82, 2.24) is 4.90 Å². The predicted molar refractivity (Wildman–Crippen MR) is 140 cm³/mol. The summed E-state index contributed by atoms with van der Waals surface area (Å²) in [5, 5.41) is 11.4. The van der Waals surface area contributed by atoms with E-state index in [0.29, 0.717) is 49.8 Å². The molecule has 36 heavy (non-hydrogen) atoms. The van der Waals surface area contributed by atoms with Gasteiger partial charge < -0.3 is 24.2 Å². The van der Waals surface area contributed by atoms with Gasteiger partial charge in [0.15, 0.2) is 0 Å². The molecule has 2 aromatic rings. The highest BCUT2D eigenvalue weighted by molar-refractivity contribution is 6.46. The fourth-order valence-electron chi connectivity index (χ4n) is 4.36. The number of Topliss-reactive ketones (excluding diaryl/α,β-unsaturated/α-hetero) is 1. The summed E-state index contributed by atoms with van der Waals surface area (Å²) >= 11 is 0. The van der Waals surface area contributed by atoms with Crippen LogP contribution in [0.4, 0.5) is 0 Å². The third kappa shape index (κ3) is 6.01. The molecule has 0 aliphatic carbocycles. The molecule has 1 fully saturated rings. The van der Waals surface area contributed by atoms with Crippen LogP contribution in [0.5, 0.6) is 17.2 Å². The van der Waals surface area contributed by atoms with Gasteiger partial charge in [-0.1, -0.05) is 38.8 Å². The lowest BCUT2D eigenvalue weighted by Crippen LogP contribution is -2.30. The first-order valence-corrected chi connectivity index (χ1v) is 12.9. The number of amides is 1. The molecule has 1 unspecified atom stereocenters. The van der Waals surface area contributed by atoms with Gasteiger partial charge in [-0.2, -0.15) is 0 Å². The molecule has 3 rings (SSSR count). The van der Waals surface area contributed by atoms with E-state index in [1.54, 1.807) is 18.2 Å². The molecule has 7 heteroatoms. The van der Waals surface area contributed by atoms with Crippen molar-refractivity contribution in [3.63, 3.8) is 0 Å². The van der Waals surface area contributed by atoms with Crippen LogP contribution in [0.3, 0.4) is 0 Å². The highest BCUT2D eigenvalue weighted by atomic mass is 16.5. The molecule has 0 radical (unpaired) electrons. The number of ether oxygens (including phenoxy) is 3. The minimum Gasteiger partial charge on any atom is -0.507 e. The lowest BCUT2D eigenvalue weighted by atomic mass is 9.95. The van der Waals surface area contributed by atoms with E-state index in [2.05, 4.69) is 6.92 Å². The van der Waals surface area contributed by atoms with Crippen LogP contribution in [0.1, 0.15) is 70.5 Å². The van der Waals surface area contributed by atoms with E-state index >= 15 is 0 Å². The molecular formula is C29H37NO6. The summed E-state index contributed by atoms with van der Waals surface area (Å²) in [6, 6.07) is 11.7. The second kappa shape index (κ2) is 13.0. The third-order valence-electron chi connectivity index (χ3n) is 6.04. The Labute approximate surface area is 213 Å². The van der Waals surface area contributed by atoms with Gasteiger partial charge in [-0.15, -0.1) is 0 Å². The first-order valence-electron chi connectivity index (χ1n) is 12.9. The molecule has 0 saturated carbocycles. The van der Waals surface area contributed by atoms with Gasteiger partial charge in [-0.3, -0.25) is 9.59 Å². The van der Waals surface area contributed by atoms with Gasteiger partial charge in [0.05, 0.1) is 37.0 Å². The van der Waals surface area contributed by atoms with E-state index in [4.69, 9.17) is 14.2 Å². The van der Waals surface area contributed by atoms with E-state index < -0.39 is 17.7 Å². The quantitative estimate of drug-likeness (QED) is 0.162. The van der Waals surface area contributed by atoms with Crippen LogP contribution in [-0.4, -0.2) is 48.1 Å². The lowest BCUT2D eigenvalue weighted by Gasteiger charge is -2.25. The van der Waals surface area contributed by atoms with E-state index in [0.717, 1.165) is 30.6 Å². The Balaban J connectivity index is 2.04. The number of carbonyl (C=O) groups is 2. The molecule has 1 aliphatic heterocycles. The number of benzene rings is 2. The molecule has 0 bridgehead atoms. The Bertz CT molecular complexity index is 1080. The zero-order valence-electron chi connectivity index (χ0n) is 21.7. The van der Waals surface area contributed by atoms with E-state index in [1.807, 2.05) is 45.0 Å². The second-order valence-corrected chi connectivity index (χ2v) is 8.64. The molecule has 1 aliphatic rings. The minimum atomic E-state index is -0.708. The number of ketones is 1. The topological polar surface area (TPSA) is 85.3 Å². The zero-order chi connectivity index (χ0) is 26.1. The Morgan fingerprint density at radius 3 is 2.19 bits per heavy atom. The summed E-state index contributed by atoms with van der Waals surface area (Å²) in [7, 11) is 0. The van der Waals surface area contributed by atoms with Crippen LogP contribution >= 0.6 is 0 Å². The highest BCUT2D eigenvalue weighted by Gasteiger charge is 2.46. The van der Waals surface area contributed by atoms with Gasteiger partial charge in [0.1, 0.15) is 23.0 Å². The maximum Gasteiger partial charge on any atom is 0.295 e. The normalized spacial score (nSPS) is 16.9. The van der Waals surface area contributed by atoms with Crippen molar-refractivity contribution in [3.05, 3.63) is 59.2 Å². The summed E-state index contributed by atoms with van der Waals surface area (Å²) in [4.78, 5) is 27.7. The van der Waals surface area contributed by atoms with Crippen molar-refractivity contribution in [2.75, 3.05) is 26.4 Å². The predicted octanol–water partition coefficient (Wildman–Crippen LogP) is 5.88. The fourth-order valence-corrected chi connectivity index (χ4v) is 4.36. The second-order valence-electron chi connectivity index (χ2n) is 8.64. The number of aliphatic hydroxyl groups excluding tert-OH is 1. The van der Waals surface area contributed by atoms with Crippen LogP contribution < -0.4 is 14.2 Å². The SMILES string of the molecule is CCCCCOc1ccc(C2/C(=C(/O)c3ccc(OCC)cc3OCC)C(=O)C(=O)N2CCC)cc1. The Kier molecular flexibility index (Phi) is 9.79. The van der Waals surface area contributed by atoms with Crippen molar-refractivity contribution in [3.8, 4) is 17.2 Å². The summed E-state index contributed by atoms with van der Waals surface area (Å²) in [5.41, 5.74) is 1.12. The standard InChI is InChI=1S/C29H37NO6/c1-5-9-10-18-36-21-13-11-20(12-14-21)26-25(28(32)29(33)30(26)17-6-2)27(31)23-16-15-22(34-7-3)19-24(23)35-8-4/h11-16,19,26,31H,5-10,17-18H2,1-4H3/b27-25-. The maximum absolute atomic E-state index is 13.2. The van der Waals surface area contributed by atoms with Crippen molar-refractivity contribution in [2.24, 2.45) is 0 Å². The monoisotopic (exact) mass is 495 g/mol. The Morgan fingerprint density at radius 1 is 0.861 bits per heavy atom. The number of aliphatic hydroxyl groups is 1. The van der Waals surface area contributed by atoms with Crippen LogP contribution in [0.25, 0.3) is 5.76 Å². The van der Waals surface area contributed by atoms with Crippen LogP contribution in [0.15, 0.2) is 48.0 Å². The number of unbranched alkanes of at least 4 members (excludes halogenated alkanes) is 2. The van der Waals surface area contributed by atoms with Crippen molar-refractivity contribution < 1.29 is 28.9 Å². The van der Waals surface area contributed by atoms with Crippen LogP contribution in [0.2, 0.25) is 0 Å². The summed E-state index contributed by atoms with van der Waals surface area (Å²) in [5.74, 6) is 0.123. The minimum absolute atomic E-state index is 0.0511. The summed E-state index contributed by atoms with van der Waals surface area (Å²) in [6.07, 6.45) is 3.89. The molecule has 194 valence electrons. The average Bonchev–Trinajstić information content (AvgIpc) is 3.12. The average molecular weight is 496 g/mol. The molecule has 1 saturated heterocycles. The van der Waals surface area contributed by atoms with Crippen molar-refractivity contribution in [1.29, 1.82) is 0 Å². The number of rotatable bonds is 13. The molecule has 1 heterocycles. The van der Waals surface area contributed by atoms with Gasteiger partial charge in [0, 0.05) is 12.6 Å². The first-order chi connectivity index (χ1) is 17.5. The van der Waals surface area contributed by atoms with Gasteiger partial charge in [0.25, 0.3) is 11.7 Å². The molecule has 0 spiro atoms. The zero-order valence-corrected chi connectivity index (χ0v) is 21.7. The number of likely N-dealkylation sites (tertiary alicyclic amines) is 1. The Hall–Kier alpha value is -3.48. The van der Waals surface area contributed by atoms with E-state index in [9.17, 15) is 14.7 Å². The number of hydrogen-bond acceptors (Lipinski definition) is 6. The van der Waals surface area contributed by atoms with Crippen LogP contribution in [0, 0.1) is 0 Å². The lowest BCUT2D eigenvalue weighted by molar-refractivity contribution is -0.139. The first kappa shape index (κ1) is 27.1.